The molecule has 0 spiro atoms. The van der Waals surface area contributed by atoms with E-state index in [2.05, 4.69) is 5.32 Å². The molecule has 0 aliphatic carbocycles. The number of amides is 1. The lowest BCUT2D eigenvalue weighted by molar-refractivity contribution is -0.111. The highest BCUT2D eigenvalue weighted by molar-refractivity contribution is 6.04. The minimum absolute atomic E-state index is 0.289. The SMILES string of the molecule is CCOC(=O)c1c(/C=C/C(=O)Nc2ccc(OC)c(OC)c2)c(C)n(CC)c1C. The van der Waals surface area contributed by atoms with Crippen LogP contribution in [0.25, 0.3) is 6.08 Å². The van der Waals surface area contributed by atoms with Crippen LogP contribution in [-0.4, -0.2) is 37.3 Å². The molecular formula is C22H28N2O5. The van der Waals surface area contributed by atoms with Gasteiger partial charge >= 0.3 is 5.97 Å². The first-order valence-electron chi connectivity index (χ1n) is 9.45. The fraction of sp³-hybridized carbons (Fsp3) is 0.364. The molecule has 1 aromatic carbocycles. The van der Waals surface area contributed by atoms with Crippen molar-refractivity contribution >= 4 is 23.6 Å². The summed E-state index contributed by atoms with van der Waals surface area (Å²) in [5.41, 5.74) is 3.47. The molecule has 0 atom stereocenters. The van der Waals surface area contributed by atoms with Crippen LogP contribution in [0.3, 0.4) is 0 Å². The van der Waals surface area contributed by atoms with Crippen LogP contribution in [0.5, 0.6) is 11.5 Å². The topological polar surface area (TPSA) is 78.8 Å². The highest BCUT2D eigenvalue weighted by atomic mass is 16.5. The van der Waals surface area contributed by atoms with Crippen LogP contribution >= 0.6 is 0 Å². The van der Waals surface area contributed by atoms with Crippen LogP contribution in [0, 0.1) is 13.8 Å². The van der Waals surface area contributed by atoms with Gasteiger partial charge in [0.05, 0.1) is 26.4 Å². The lowest BCUT2D eigenvalue weighted by Crippen LogP contribution is -2.09. The van der Waals surface area contributed by atoms with Crippen LogP contribution in [0.4, 0.5) is 5.69 Å². The fourth-order valence-corrected chi connectivity index (χ4v) is 3.30. The van der Waals surface area contributed by atoms with Crippen molar-refractivity contribution in [3.63, 3.8) is 0 Å². The minimum atomic E-state index is -0.389. The number of rotatable bonds is 8. The van der Waals surface area contributed by atoms with Crippen LogP contribution in [-0.2, 0) is 16.1 Å². The van der Waals surface area contributed by atoms with E-state index in [0.717, 1.165) is 17.9 Å². The quantitative estimate of drug-likeness (QED) is 0.536. The van der Waals surface area contributed by atoms with E-state index in [1.807, 2.05) is 25.3 Å². The van der Waals surface area contributed by atoms with Gasteiger partial charge in [0.2, 0.25) is 5.91 Å². The van der Waals surface area contributed by atoms with Gasteiger partial charge in [-0.05, 0) is 45.9 Å². The second-order valence-corrected chi connectivity index (χ2v) is 6.32. The molecular weight excluding hydrogens is 372 g/mol. The van der Waals surface area contributed by atoms with Crippen molar-refractivity contribution < 1.29 is 23.8 Å². The summed E-state index contributed by atoms with van der Waals surface area (Å²) in [5, 5.41) is 2.78. The number of methoxy groups -OCH3 is 2. The predicted molar refractivity (Wildman–Crippen MR) is 113 cm³/mol. The van der Waals surface area contributed by atoms with E-state index in [9.17, 15) is 9.59 Å². The number of anilines is 1. The third-order valence-corrected chi connectivity index (χ3v) is 4.68. The summed E-state index contributed by atoms with van der Waals surface area (Å²) in [7, 11) is 3.08. The lowest BCUT2D eigenvalue weighted by Gasteiger charge is -2.09. The Labute approximate surface area is 171 Å². The average molecular weight is 400 g/mol. The zero-order valence-electron chi connectivity index (χ0n) is 17.8. The second kappa shape index (κ2) is 9.82. The molecule has 1 heterocycles. The van der Waals surface area contributed by atoms with Crippen LogP contribution in [0.1, 0.15) is 41.2 Å². The van der Waals surface area contributed by atoms with Crippen molar-refractivity contribution in [2.45, 2.75) is 34.2 Å². The maximum absolute atomic E-state index is 12.4. The normalized spacial score (nSPS) is 10.8. The molecule has 156 valence electrons. The van der Waals surface area contributed by atoms with E-state index >= 15 is 0 Å². The minimum Gasteiger partial charge on any atom is -0.493 e. The Balaban J connectivity index is 2.29. The number of esters is 1. The molecule has 7 heteroatoms. The summed E-state index contributed by atoms with van der Waals surface area (Å²) in [6.45, 7) is 8.58. The Morgan fingerprint density at radius 3 is 2.34 bits per heavy atom. The molecule has 0 saturated carbocycles. The molecule has 0 unspecified atom stereocenters. The predicted octanol–water partition coefficient (Wildman–Crippen LogP) is 3.97. The van der Waals surface area contributed by atoms with Crippen molar-refractivity contribution in [1.82, 2.24) is 4.57 Å². The monoisotopic (exact) mass is 400 g/mol. The van der Waals surface area contributed by atoms with Crippen LogP contribution in [0.2, 0.25) is 0 Å². The number of nitrogens with zero attached hydrogens (tertiary/aromatic N) is 1. The number of hydrogen-bond acceptors (Lipinski definition) is 5. The second-order valence-electron chi connectivity index (χ2n) is 6.32. The zero-order chi connectivity index (χ0) is 21.6. The molecule has 0 radical (unpaired) electrons. The molecule has 1 aromatic heterocycles. The third kappa shape index (κ3) is 4.80. The average Bonchev–Trinajstić information content (AvgIpc) is 2.95. The first-order chi connectivity index (χ1) is 13.9. The number of carbonyl (C=O) groups excluding carboxylic acids is 2. The number of carbonyl (C=O) groups is 2. The van der Waals surface area contributed by atoms with E-state index in [-0.39, 0.29) is 18.5 Å². The molecule has 0 aliphatic heterocycles. The summed E-state index contributed by atoms with van der Waals surface area (Å²) >= 11 is 0. The summed E-state index contributed by atoms with van der Waals surface area (Å²) in [6.07, 6.45) is 3.05. The van der Waals surface area contributed by atoms with Crippen molar-refractivity contribution in [2.24, 2.45) is 0 Å². The van der Waals surface area contributed by atoms with E-state index in [0.29, 0.717) is 28.3 Å². The summed E-state index contributed by atoms with van der Waals surface area (Å²) in [5.74, 6) is 0.381. The van der Waals surface area contributed by atoms with Gasteiger partial charge in [0.15, 0.2) is 11.5 Å². The molecule has 0 saturated heterocycles. The number of ether oxygens (including phenoxy) is 3. The van der Waals surface area contributed by atoms with Gasteiger partial charge in [-0.2, -0.15) is 0 Å². The molecule has 29 heavy (non-hydrogen) atoms. The van der Waals surface area contributed by atoms with E-state index in [4.69, 9.17) is 14.2 Å². The van der Waals surface area contributed by atoms with Gasteiger partial charge in [0.25, 0.3) is 0 Å². The Morgan fingerprint density at radius 2 is 1.76 bits per heavy atom. The lowest BCUT2D eigenvalue weighted by atomic mass is 10.1. The van der Waals surface area contributed by atoms with Gasteiger partial charge in [-0.15, -0.1) is 0 Å². The van der Waals surface area contributed by atoms with Crippen molar-refractivity contribution in [3.8, 4) is 11.5 Å². The summed E-state index contributed by atoms with van der Waals surface area (Å²) in [4.78, 5) is 24.9. The zero-order valence-corrected chi connectivity index (χ0v) is 17.8. The highest BCUT2D eigenvalue weighted by Gasteiger charge is 2.22. The standard InChI is InChI=1S/C22H28N2O5/c1-7-24-14(3)17(21(15(24)4)22(26)29-8-2)10-12-20(25)23-16-9-11-18(27-5)19(13-16)28-6/h9-13H,7-8H2,1-6H3,(H,23,25)/b12-10+. The van der Waals surface area contributed by atoms with Crippen LogP contribution in [0.15, 0.2) is 24.3 Å². The molecule has 0 bridgehead atoms. The Morgan fingerprint density at radius 1 is 1.07 bits per heavy atom. The maximum atomic E-state index is 12.4. The first-order valence-corrected chi connectivity index (χ1v) is 9.45. The fourth-order valence-electron chi connectivity index (χ4n) is 3.30. The van der Waals surface area contributed by atoms with E-state index in [1.165, 1.54) is 13.2 Å². The molecule has 1 amide bonds. The highest BCUT2D eigenvalue weighted by Crippen LogP contribution is 2.30. The first kappa shape index (κ1) is 22.1. The Bertz CT molecular complexity index is 928. The molecule has 0 fully saturated rings. The van der Waals surface area contributed by atoms with Gasteiger partial charge in [-0.3, -0.25) is 4.79 Å². The van der Waals surface area contributed by atoms with E-state index < -0.39 is 0 Å². The van der Waals surface area contributed by atoms with Crippen LogP contribution < -0.4 is 14.8 Å². The third-order valence-electron chi connectivity index (χ3n) is 4.68. The van der Waals surface area contributed by atoms with Crippen molar-refractivity contribution in [2.75, 3.05) is 26.1 Å². The number of aromatic nitrogens is 1. The number of benzene rings is 1. The van der Waals surface area contributed by atoms with Gasteiger partial charge < -0.3 is 24.1 Å². The summed E-state index contributed by atoms with van der Waals surface area (Å²) in [6, 6.07) is 5.11. The Kier molecular flexibility index (Phi) is 7.47. The van der Waals surface area contributed by atoms with Crippen molar-refractivity contribution in [3.05, 3.63) is 46.8 Å². The molecule has 1 N–H and O–H groups in total. The largest absolute Gasteiger partial charge is 0.493 e. The smallest absolute Gasteiger partial charge is 0.340 e. The molecule has 7 nitrogen and oxygen atoms in total. The molecule has 2 aromatic rings. The van der Waals surface area contributed by atoms with Gasteiger partial charge in [0, 0.05) is 41.3 Å². The van der Waals surface area contributed by atoms with Crippen molar-refractivity contribution in [1.29, 1.82) is 0 Å². The molecule has 0 aliphatic rings. The maximum Gasteiger partial charge on any atom is 0.340 e. The summed E-state index contributed by atoms with van der Waals surface area (Å²) < 4.78 is 17.7. The van der Waals surface area contributed by atoms with Gasteiger partial charge in [-0.25, -0.2) is 4.79 Å². The number of nitrogens with one attached hydrogen (secondary N) is 1. The number of hydrogen-bond donors (Lipinski definition) is 1. The van der Waals surface area contributed by atoms with E-state index in [1.54, 1.807) is 38.3 Å². The van der Waals surface area contributed by atoms with Gasteiger partial charge in [0.1, 0.15) is 0 Å². The van der Waals surface area contributed by atoms with Gasteiger partial charge in [-0.1, -0.05) is 0 Å². The molecule has 2 rings (SSSR count). The Hall–Kier alpha value is -3.22.